The van der Waals surface area contributed by atoms with Crippen molar-refractivity contribution < 1.29 is 9.53 Å². The molecule has 108 valence electrons. The van der Waals surface area contributed by atoms with Crippen LogP contribution < -0.4 is 0 Å². The van der Waals surface area contributed by atoms with E-state index < -0.39 is 0 Å². The maximum absolute atomic E-state index is 10.9. The second kappa shape index (κ2) is 13.2. The summed E-state index contributed by atoms with van der Waals surface area (Å²) in [6, 6.07) is 0. The Hall–Kier alpha value is -0.240. The van der Waals surface area contributed by atoms with Crippen molar-refractivity contribution in [3.8, 4) is 0 Å². The minimum absolute atomic E-state index is 0.0819. The van der Waals surface area contributed by atoms with E-state index in [4.69, 9.17) is 11.6 Å². The predicted molar refractivity (Wildman–Crippen MR) is 78.1 cm³/mol. The number of hydrogen-bond donors (Lipinski definition) is 0. The Morgan fingerprint density at radius 2 is 1.50 bits per heavy atom. The molecule has 0 saturated heterocycles. The second-order valence-corrected chi connectivity index (χ2v) is 5.57. The first kappa shape index (κ1) is 17.8. The van der Waals surface area contributed by atoms with Gasteiger partial charge in [0.25, 0.3) is 0 Å². The standard InChI is InChI=1S/C15H29ClO2/c1-3-14(16)12-10-8-6-4-5-7-9-11-13-15(17)18-2/h14H,3-13H2,1-2H3. The lowest BCUT2D eigenvalue weighted by molar-refractivity contribution is -0.140. The molecule has 0 aliphatic rings. The van der Waals surface area contributed by atoms with Crippen LogP contribution in [0.5, 0.6) is 0 Å². The second-order valence-electron chi connectivity index (χ2n) is 4.95. The summed E-state index contributed by atoms with van der Waals surface area (Å²) in [6.07, 6.45) is 12.7. The van der Waals surface area contributed by atoms with Gasteiger partial charge in [0.15, 0.2) is 0 Å². The molecule has 0 spiro atoms. The Morgan fingerprint density at radius 1 is 1.00 bits per heavy atom. The fraction of sp³-hybridized carbons (Fsp3) is 0.933. The average Bonchev–Trinajstić information content (AvgIpc) is 2.40. The van der Waals surface area contributed by atoms with Crippen molar-refractivity contribution in [3.63, 3.8) is 0 Å². The van der Waals surface area contributed by atoms with E-state index in [2.05, 4.69) is 11.7 Å². The molecular formula is C15H29ClO2. The third-order valence-corrected chi connectivity index (χ3v) is 3.85. The number of ether oxygens (including phenoxy) is 1. The molecule has 0 radical (unpaired) electrons. The molecule has 2 nitrogen and oxygen atoms in total. The van der Waals surface area contributed by atoms with Gasteiger partial charge in [0.2, 0.25) is 0 Å². The molecule has 0 fully saturated rings. The van der Waals surface area contributed by atoms with Crippen molar-refractivity contribution >= 4 is 17.6 Å². The van der Waals surface area contributed by atoms with Gasteiger partial charge in [-0.1, -0.05) is 51.9 Å². The van der Waals surface area contributed by atoms with Crippen LogP contribution in [0.4, 0.5) is 0 Å². The minimum Gasteiger partial charge on any atom is -0.469 e. The van der Waals surface area contributed by atoms with Crippen LogP contribution in [-0.4, -0.2) is 18.5 Å². The molecule has 0 saturated carbocycles. The lowest BCUT2D eigenvalue weighted by atomic mass is 10.1. The quantitative estimate of drug-likeness (QED) is 0.282. The van der Waals surface area contributed by atoms with Gasteiger partial charge in [-0.3, -0.25) is 4.79 Å². The average molecular weight is 277 g/mol. The summed E-state index contributed by atoms with van der Waals surface area (Å²) < 4.78 is 4.60. The Bertz CT molecular complexity index is 195. The van der Waals surface area contributed by atoms with Crippen LogP contribution in [0.2, 0.25) is 0 Å². The molecule has 0 N–H and O–H groups in total. The summed E-state index contributed by atoms with van der Waals surface area (Å²) in [5.41, 5.74) is 0. The third kappa shape index (κ3) is 12.2. The number of esters is 1. The van der Waals surface area contributed by atoms with Crippen LogP contribution in [0, 0.1) is 0 Å². The van der Waals surface area contributed by atoms with E-state index in [-0.39, 0.29) is 5.97 Å². The number of carbonyl (C=O) groups excluding carboxylic acids is 1. The van der Waals surface area contributed by atoms with Gasteiger partial charge in [-0.15, -0.1) is 11.6 Å². The maximum atomic E-state index is 10.9. The van der Waals surface area contributed by atoms with Crippen molar-refractivity contribution in [1.82, 2.24) is 0 Å². The van der Waals surface area contributed by atoms with Crippen molar-refractivity contribution in [2.45, 2.75) is 82.9 Å². The molecule has 1 unspecified atom stereocenters. The highest BCUT2D eigenvalue weighted by Crippen LogP contribution is 2.14. The van der Waals surface area contributed by atoms with Crippen molar-refractivity contribution in [2.24, 2.45) is 0 Å². The first-order chi connectivity index (χ1) is 8.70. The Balaban J connectivity index is 3.05. The summed E-state index contributed by atoms with van der Waals surface area (Å²) in [5.74, 6) is -0.0819. The number of methoxy groups -OCH3 is 1. The zero-order valence-electron chi connectivity index (χ0n) is 12.0. The van der Waals surface area contributed by atoms with Crippen molar-refractivity contribution in [1.29, 1.82) is 0 Å². The molecule has 18 heavy (non-hydrogen) atoms. The van der Waals surface area contributed by atoms with Crippen molar-refractivity contribution in [2.75, 3.05) is 7.11 Å². The summed E-state index contributed by atoms with van der Waals surface area (Å²) in [6.45, 7) is 2.14. The Kier molecular flexibility index (Phi) is 13.0. The summed E-state index contributed by atoms with van der Waals surface area (Å²) in [4.78, 5) is 10.9. The van der Waals surface area contributed by atoms with Gasteiger partial charge in [0.05, 0.1) is 7.11 Å². The van der Waals surface area contributed by atoms with Gasteiger partial charge in [-0.2, -0.15) is 0 Å². The number of halogens is 1. The highest BCUT2D eigenvalue weighted by atomic mass is 35.5. The number of rotatable bonds is 12. The SMILES string of the molecule is CCC(Cl)CCCCCCCCCCC(=O)OC. The van der Waals surface area contributed by atoms with Gasteiger partial charge >= 0.3 is 5.97 Å². The zero-order valence-corrected chi connectivity index (χ0v) is 12.8. The fourth-order valence-electron chi connectivity index (χ4n) is 2.00. The third-order valence-electron chi connectivity index (χ3n) is 3.32. The van der Waals surface area contributed by atoms with E-state index in [9.17, 15) is 4.79 Å². The largest absolute Gasteiger partial charge is 0.469 e. The smallest absolute Gasteiger partial charge is 0.305 e. The molecule has 1 atom stereocenters. The number of carbonyl (C=O) groups is 1. The molecule has 0 aromatic heterocycles. The van der Waals surface area contributed by atoms with Crippen molar-refractivity contribution in [3.05, 3.63) is 0 Å². The van der Waals surface area contributed by atoms with Gasteiger partial charge in [0, 0.05) is 11.8 Å². The van der Waals surface area contributed by atoms with Crippen LogP contribution >= 0.6 is 11.6 Å². The Morgan fingerprint density at radius 3 is 2.00 bits per heavy atom. The Labute approximate surface area is 117 Å². The highest BCUT2D eigenvalue weighted by Gasteiger charge is 2.01. The molecular weight excluding hydrogens is 248 g/mol. The van der Waals surface area contributed by atoms with Crippen LogP contribution in [0.25, 0.3) is 0 Å². The van der Waals surface area contributed by atoms with Gasteiger partial charge < -0.3 is 4.74 Å². The molecule has 0 aromatic rings. The molecule has 0 aliphatic heterocycles. The van der Waals surface area contributed by atoms with Crippen LogP contribution in [0.3, 0.4) is 0 Å². The zero-order chi connectivity index (χ0) is 13.6. The van der Waals surface area contributed by atoms with Gasteiger partial charge in [0.1, 0.15) is 0 Å². The molecule has 0 heterocycles. The number of unbranched alkanes of at least 4 members (excludes halogenated alkanes) is 7. The maximum Gasteiger partial charge on any atom is 0.305 e. The highest BCUT2D eigenvalue weighted by molar-refractivity contribution is 6.20. The van der Waals surface area contributed by atoms with E-state index in [0.29, 0.717) is 11.8 Å². The number of alkyl halides is 1. The van der Waals surface area contributed by atoms with Gasteiger partial charge in [-0.25, -0.2) is 0 Å². The lowest BCUT2D eigenvalue weighted by Crippen LogP contribution is -1.99. The number of hydrogen-bond acceptors (Lipinski definition) is 2. The molecule has 0 aliphatic carbocycles. The van der Waals surface area contributed by atoms with E-state index in [1.165, 1.54) is 45.6 Å². The van der Waals surface area contributed by atoms with E-state index in [0.717, 1.165) is 25.7 Å². The summed E-state index contributed by atoms with van der Waals surface area (Å²) in [5, 5.41) is 0.378. The van der Waals surface area contributed by atoms with E-state index in [1.54, 1.807) is 0 Å². The minimum atomic E-state index is -0.0819. The van der Waals surface area contributed by atoms with Gasteiger partial charge in [-0.05, 0) is 19.3 Å². The van der Waals surface area contributed by atoms with Crippen LogP contribution in [0.15, 0.2) is 0 Å². The predicted octanol–water partition coefficient (Wildman–Crippen LogP) is 5.08. The van der Waals surface area contributed by atoms with E-state index in [1.807, 2.05) is 0 Å². The summed E-state index contributed by atoms with van der Waals surface area (Å²) in [7, 11) is 1.45. The molecule has 3 heteroatoms. The molecule has 0 bridgehead atoms. The normalized spacial score (nSPS) is 12.4. The molecule has 0 amide bonds. The fourth-order valence-corrected chi connectivity index (χ4v) is 2.16. The van der Waals surface area contributed by atoms with E-state index >= 15 is 0 Å². The monoisotopic (exact) mass is 276 g/mol. The topological polar surface area (TPSA) is 26.3 Å². The first-order valence-corrected chi connectivity index (χ1v) is 7.85. The molecule has 0 aromatic carbocycles. The summed E-state index contributed by atoms with van der Waals surface area (Å²) >= 11 is 6.06. The van der Waals surface area contributed by atoms with Crippen LogP contribution in [-0.2, 0) is 9.53 Å². The molecule has 0 rings (SSSR count). The first-order valence-electron chi connectivity index (χ1n) is 7.41. The van der Waals surface area contributed by atoms with Crippen LogP contribution in [0.1, 0.15) is 77.6 Å². The lowest BCUT2D eigenvalue weighted by Gasteiger charge is -2.05.